The van der Waals surface area contributed by atoms with Crippen molar-refractivity contribution in [3.8, 4) is 0 Å². The molecule has 1 aromatic rings. The van der Waals surface area contributed by atoms with E-state index in [2.05, 4.69) is 21.8 Å². The lowest BCUT2D eigenvalue weighted by Gasteiger charge is -2.46. The number of rotatable bonds is 6. The Balaban J connectivity index is 1.47. The molecular weight excluding hydrogens is 398 g/mol. The number of aliphatic hydroxyl groups is 1. The Labute approximate surface area is 171 Å². The molecule has 0 unspecified atom stereocenters. The lowest BCUT2D eigenvalue weighted by atomic mass is 9.79. The molecule has 1 amide bonds. The van der Waals surface area contributed by atoms with Crippen LogP contribution in [0.2, 0.25) is 0 Å². The highest BCUT2D eigenvalue weighted by Gasteiger charge is 2.60. The molecule has 0 aliphatic carbocycles. The molecule has 9 heteroatoms. The molecule has 0 saturated carbocycles. The highest BCUT2D eigenvalue weighted by molar-refractivity contribution is 8.03. The zero-order valence-corrected chi connectivity index (χ0v) is 17.2. The smallest absolute Gasteiger partial charge is 0.353 e. The fraction of sp³-hybridized carbons (Fsp3) is 0.526. The lowest BCUT2D eigenvalue weighted by molar-refractivity contribution is -0.163. The van der Waals surface area contributed by atoms with E-state index in [-0.39, 0.29) is 34.9 Å². The Morgan fingerprint density at radius 3 is 2.96 bits per heavy atom. The third kappa shape index (κ3) is 3.30. The largest absolute Gasteiger partial charge is 0.477 e. The van der Waals surface area contributed by atoms with E-state index in [0.29, 0.717) is 0 Å². The van der Waals surface area contributed by atoms with Crippen LogP contribution in [0, 0.1) is 11.8 Å². The van der Waals surface area contributed by atoms with Gasteiger partial charge in [0, 0.05) is 39.7 Å². The van der Waals surface area contributed by atoms with Crippen molar-refractivity contribution in [2.24, 2.45) is 11.8 Å². The first-order valence-corrected chi connectivity index (χ1v) is 11.0. The van der Waals surface area contributed by atoms with Gasteiger partial charge in [0.25, 0.3) is 0 Å². The van der Waals surface area contributed by atoms with Crippen LogP contribution in [-0.2, 0) is 9.59 Å². The molecule has 2 saturated heterocycles. The molecule has 0 aromatic carbocycles. The van der Waals surface area contributed by atoms with E-state index in [4.69, 9.17) is 0 Å². The Kier molecular flexibility index (Phi) is 5.34. The highest BCUT2D eigenvalue weighted by Crippen LogP contribution is 2.51. The first-order chi connectivity index (χ1) is 13.4. The molecule has 4 heterocycles. The zero-order valence-electron chi connectivity index (χ0n) is 15.6. The van der Waals surface area contributed by atoms with Crippen LogP contribution in [0.3, 0.4) is 0 Å². The molecule has 1 aromatic heterocycles. The van der Waals surface area contributed by atoms with Crippen molar-refractivity contribution in [1.82, 2.24) is 14.6 Å². The number of aliphatic hydroxyl groups excluding tert-OH is 1. The second-order valence-electron chi connectivity index (χ2n) is 7.54. The van der Waals surface area contributed by atoms with Gasteiger partial charge in [-0.05, 0) is 37.0 Å². The molecule has 28 heavy (non-hydrogen) atoms. The third-order valence-electron chi connectivity index (χ3n) is 5.68. The quantitative estimate of drug-likeness (QED) is 0.602. The van der Waals surface area contributed by atoms with Crippen molar-refractivity contribution in [3.05, 3.63) is 33.8 Å². The molecule has 7 nitrogen and oxygen atoms in total. The number of carboxylic acid groups (broad SMARTS) is 1. The standard InChI is InChI=1S/C19H23N3O4S2/c1-9-15-14(10(2)23)18(24)22(15)16(19(25)26)17(9)27-13-7-11(20-8-13)3-4-12-5-6-21-28-12/h3-6,9-11,13-15,20,23H,7-8H2,1-2H3,(H,25,26)/b4-3+/t9-,10-,11-,13+,14-,15-/m1/s1. The van der Waals surface area contributed by atoms with Gasteiger partial charge in [0.1, 0.15) is 5.70 Å². The van der Waals surface area contributed by atoms with E-state index in [9.17, 15) is 19.8 Å². The Bertz CT molecular complexity index is 836. The van der Waals surface area contributed by atoms with Gasteiger partial charge in [0.2, 0.25) is 5.91 Å². The minimum Gasteiger partial charge on any atom is -0.477 e. The molecule has 4 rings (SSSR count). The summed E-state index contributed by atoms with van der Waals surface area (Å²) in [5.74, 6) is -1.95. The van der Waals surface area contributed by atoms with Gasteiger partial charge >= 0.3 is 5.97 Å². The van der Waals surface area contributed by atoms with Crippen LogP contribution in [0.25, 0.3) is 6.08 Å². The van der Waals surface area contributed by atoms with Gasteiger partial charge in [-0.3, -0.25) is 4.79 Å². The van der Waals surface area contributed by atoms with Gasteiger partial charge in [-0.2, -0.15) is 0 Å². The van der Waals surface area contributed by atoms with Gasteiger partial charge in [-0.1, -0.05) is 13.0 Å². The number of nitrogens with zero attached hydrogens (tertiary/aromatic N) is 2. The average Bonchev–Trinajstić information content (AvgIpc) is 3.34. The number of hydrogen-bond acceptors (Lipinski definition) is 7. The molecule has 0 bridgehead atoms. The van der Waals surface area contributed by atoms with Crippen LogP contribution in [0.4, 0.5) is 0 Å². The molecule has 2 fully saturated rings. The van der Waals surface area contributed by atoms with E-state index < -0.39 is 18.0 Å². The van der Waals surface area contributed by atoms with Crippen LogP contribution in [0.5, 0.6) is 0 Å². The SMILES string of the molecule is C[C@@H](O)[C@H]1C(=O)N2C(C(=O)O)=C(S[C@@H]3CN[C@H](/C=C/c4ccns4)C3)[C@H](C)[C@H]12. The number of amides is 1. The maximum absolute atomic E-state index is 12.4. The maximum Gasteiger partial charge on any atom is 0.353 e. The molecule has 3 N–H and O–H groups in total. The van der Waals surface area contributed by atoms with Gasteiger partial charge in [0.05, 0.1) is 18.1 Å². The third-order valence-corrected chi connectivity index (χ3v) is 7.90. The molecule has 0 spiro atoms. The normalized spacial score (nSPS) is 33.5. The minimum absolute atomic E-state index is 0.0832. The number of fused-ring (bicyclic) bond motifs is 1. The highest BCUT2D eigenvalue weighted by atomic mass is 32.2. The van der Waals surface area contributed by atoms with Crippen LogP contribution < -0.4 is 5.32 Å². The Morgan fingerprint density at radius 2 is 2.32 bits per heavy atom. The number of carboxylic acids is 1. The summed E-state index contributed by atoms with van der Waals surface area (Å²) in [6.07, 6.45) is 6.07. The molecule has 150 valence electrons. The Hall–Kier alpha value is -1.68. The summed E-state index contributed by atoms with van der Waals surface area (Å²) in [4.78, 5) is 27.5. The van der Waals surface area contributed by atoms with Gasteiger partial charge < -0.3 is 20.4 Å². The average molecular weight is 422 g/mol. The van der Waals surface area contributed by atoms with Gasteiger partial charge in [-0.25, -0.2) is 9.17 Å². The van der Waals surface area contributed by atoms with Gasteiger partial charge in [0.15, 0.2) is 0 Å². The number of carbonyl (C=O) groups is 2. The molecular formula is C19H23N3O4S2. The van der Waals surface area contributed by atoms with E-state index in [1.54, 1.807) is 24.9 Å². The number of carbonyl (C=O) groups excluding carboxylic acids is 1. The summed E-state index contributed by atoms with van der Waals surface area (Å²) in [5.41, 5.74) is 0.105. The fourth-order valence-corrected chi connectivity index (χ4v) is 6.35. The first kappa shape index (κ1) is 19.6. The van der Waals surface area contributed by atoms with Crippen molar-refractivity contribution in [2.45, 2.75) is 43.7 Å². The van der Waals surface area contributed by atoms with Gasteiger partial charge in [-0.15, -0.1) is 11.8 Å². The number of thioether (sulfide) groups is 1. The fourth-order valence-electron chi connectivity index (χ4n) is 4.35. The predicted molar refractivity (Wildman–Crippen MR) is 109 cm³/mol. The van der Waals surface area contributed by atoms with E-state index in [1.165, 1.54) is 16.4 Å². The van der Waals surface area contributed by atoms with E-state index >= 15 is 0 Å². The second-order valence-corrected chi connectivity index (χ2v) is 9.74. The first-order valence-electron chi connectivity index (χ1n) is 9.36. The number of aliphatic carboxylic acids is 1. The number of nitrogens with one attached hydrogen (secondary N) is 1. The topological polar surface area (TPSA) is 103 Å². The zero-order chi connectivity index (χ0) is 20.0. The van der Waals surface area contributed by atoms with Crippen LogP contribution >= 0.6 is 23.3 Å². The molecule has 3 aliphatic rings. The monoisotopic (exact) mass is 421 g/mol. The molecule has 6 atom stereocenters. The van der Waals surface area contributed by atoms with Crippen molar-refractivity contribution < 1.29 is 19.8 Å². The van der Waals surface area contributed by atoms with Crippen LogP contribution in [-0.4, -0.2) is 61.3 Å². The molecule has 3 aliphatic heterocycles. The number of β-lactam (4-membered cyclic amide) rings is 1. The summed E-state index contributed by atoms with van der Waals surface area (Å²) in [7, 11) is 0. The van der Waals surface area contributed by atoms with E-state index in [0.717, 1.165) is 22.7 Å². The Morgan fingerprint density at radius 1 is 1.54 bits per heavy atom. The summed E-state index contributed by atoms with van der Waals surface area (Å²) < 4.78 is 4.08. The summed E-state index contributed by atoms with van der Waals surface area (Å²) in [6.45, 7) is 4.34. The minimum atomic E-state index is -1.07. The second kappa shape index (κ2) is 7.62. The number of aromatic nitrogens is 1. The summed E-state index contributed by atoms with van der Waals surface area (Å²) >= 11 is 3.01. The summed E-state index contributed by atoms with van der Waals surface area (Å²) in [6, 6.07) is 1.94. The maximum atomic E-state index is 12.4. The van der Waals surface area contributed by atoms with E-state index in [1.807, 2.05) is 13.0 Å². The van der Waals surface area contributed by atoms with Crippen LogP contribution in [0.15, 0.2) is 28.9 Å². The number of hydrogen-bond donors (Lipinski definition) is 3. The van der Waals surface area contributed by atoms with Crippen molar-refractivity contribution in [2.75, 3.05) is 6.54 Å². The van der Waals surface area contributed by atoms with Crippen molar-refractivity contribution in [3.63, 3.8) is 0 Å². The lowest BCUT2D eigenvalue weighted by Crippen LogP contribution is -2.63. The molecule has 0 radical (unpaired) electrons. The summed E-state index contributed by atoms with van der Waals surface area (Å²) in [5, 5.41) is 23.4. The van der Waals surface area contributed by atoms with Crippen molar-refractivity contribution in [1.29, 1.82) is 0 Å². The van der Waals surface area contributed by atoms with Crippen LogP contribution in [0.1, 0.15) is 25.1 Å². The predicted octanol–water partition coefficient (Wildman–Crippen LogP) is 1.77. The van der Waals surface area contributed by atoms with Crippen molar-refractivity contribution >= 4 is 41.2 Å².